The zero-order valence-electron chi connectivity index (χ0n) is 37.1. The van der Waals surface area contributed by atoms with Gasteiger partial charge in [-0.25, -0.2) is 23.5 Å². The number of alkyl halides is 4. The van der Waals surface area contributed by atoms with Crippen molar-refractivity contribution in [2.45, 2.75) is 65.5 Å². The molecular weight excluding hydrogens is 889 g/mol. The average molecular weight is 936 g/mol. The number of nitrogens with one attached hydrogen (secondary N) is 1. The van der Waals surface area contributed by atoms with Gasteiger partial charge in [-0.2, -0.15) is 23.1 Å². The summed E-state index contributed by atoms with van der Waals surface area (Å²) in [6.45, 7) is 6.94. The van der Waals surface area contributed by atoms with Crippen LogP contribution in [0.4, 0.5) is 44.2 Å². The Balaban J connectivity index is 1.42. The number of amides is 1. The van der Waals surface area contributed by atoms with Gasteiger partial charge in [0.05, 0.1) is 54.0 Å². The van der Waals surface area contributed by atoms with E-state index < -0.39 is 76.4 Å². The number of methoxy groups -OCH3 is 2. The van der Waals surface area contributed by atoms with Gasteiger partial charge in [0.1, 0.15) is 60.0 Å². The molecule has 13 nitrogen and oxygen atoms in total. The van der Waals surface area contributed by atoms with Gasteiger partial charge in [0.15, 0.2) is 11.6 Å². The third-order valence-corrected chi connectivity index (χ3v) is 11.0. The fourth-order valence-corrected chi connectivity index (χ4v) is 7.94. The second-order valence-corrected chi connectivity index (χ2v) is 16.7. The Morgan fingerprint density at radius 2 is 1.61 bits per heavy atom. The van der Waals surface area contributed by atoms with Crippen LogP contribution < -0.4 is 34.1 Å². The fraction of sp³-hybridized carbons (Fsp3) is 0.340. The van der Waals surface area contributed by atoms with Crippen molar-refractivity contribution in [3.8, 4) is 34.5 Å². The molecular formula is C47H47ClF5N7O6. The number of aryl methyl sites for hydroxylation is 1. The maximum atomic E-state index is 17.7. The molecule has 348 valence electrons. The van der Waals surface area contributed by atoms with E-state index in [1.54, 1.807) is 73.9 Å². The lowest BCUT2D eigenvalue weighted by Crippen LogP contribution is -2.32. The molecule has 0 saturated carbocycles. The van der Waals surface area contributed by atoms with Crippen molar-refractivity contribution in [2.24, 2.45) is 0 Å². The summed E-state index contributed by atoms with van der Waals surface area (Å²) in [5.41, 5.74) is -2.35. The van der Waals surface area contributed by atoms with Gasteiger partial charge in [-0.05, 0) is 87.7 Å². The summed E-state index contributed by atoms with van der Waals surface area (Å²) in [6, 6.07) is 17.8. The molecule has 0 aliphatic carbocycles. The van der Waals surface area contributed by atoms with Crippen molar-refractivity contribution < 1.29 is 50.4 Å². The van der Waals surface area contributed by atoms with Gasteiger partial charge in [0.2, 0.25) is 0 Å². The minimum Gasteiger partial charge on any atom is -0.497 e. The number of anilines is 3. The van der Waals surface area contributed by atoms with E-state index in [2.05, 4.69) is 25.3 Å². The highest BCUT2D eigenvalue weighted by molar-refractivity contribution is 6.36. The van der Waals surface area contributed by atoms with E-state index in [1.165, 1.54) is 33.4 Å². The highest BCUT2D eigenvalue weighted by Crippen LogP contribution is 2.51. The van der Waals surface area contributed by atoms with Crippen LogP contribution in [0, 0.1) is 12.7 Å². The van der Waals surface area contributed by atoms with Crippen LogP contribution in [-0.4, -0.2) is 72.3 Å². The van der Waals surface area contributed by atoms with Crippen molar-refractivity contribution in [1.82, 2.24) is 19.9 Å². The van der Waals surface area contributed by atoms with Crippen molar-refractivity contribution in [2.75, 3.05) is 55.8 Å². The largest absolute Gasteiger partial charge is 0.497 e. The van der Waals surface area contributed by atoms with Crippen LogP contribution >= 0.6 is 11.6 Å². The molecule has 66 heavy (non-hydrogen) atoms. The minimum atomic E-state index is -5.05. The van der Waals surface area contributed by atoms with E-state index in [4.69, 9.17) is 35.3 Å². The second-order valence-electron chi connectivity index (χ2n) is 16.3. The van der Waals surface area contributed by atoms with Crippen LogP contribution in [0.15, 0.2) is 72.9 Å². The van der Waals surface area contributed by atoms with Gasteiger partial charge in [0.25, 0.3) is 0 Å². The molecule has 3 aromatic carbocycles. The lowest BCUT2D eigenvalue weighted by molar-refractivity contribution is -0.137. The van der Waals surface area contributed by atoms with Gasteiger partial charge in [-0.1, -0.05) is 41.9 Å². The Hall–Kier alpha value is -6.69. The number of halogens is 6. The van der Waals surface area contributed by atoms with E-state index in [0.29, 0.717) is 17.1 Å². The van der Waals surface area contributed by atoms with E-state index in [0.717, 1.165) is 11.1 Å². The Labute approximate surface area is 382 Å². The summed E-state index contributed by atoms with van der Waals surface area (Å²) in [5, 5.41) is 2.07. The molecule has 1 aliphatic heterocycles. The standard InChI is InChI=1S/C47H47ClF5N7O6/c1-26-23-33(59(24-28-10-14-30(62-6)15-11-28)25-29-12-16-31(63-7)17-13-29)55-39(36(26)47(51,52)53)34-37(48)41-35-40(38(34)50)56-44(65-21-18-49)58-43(35)60(20-22-64-41)27(2)32-9-8-19-54-42(32)57-45(61)66-46(3,4)5/h8-17,19,23,27H,18,20-22,24-25H2,1-7H3,(H,54,57,61)/t27-/m1/s1. The number of rotatable bonds is 14. The van der Waals surface area contributed by atoms with Gasteiger partial charge >= 0.3 is 18.3 Å². The quantitative estimate of drug-likeness (QED) is 0.104. The van der Waals surface area contributed by atoms with E-state index >= 15 is 17.6 Å². The Morgan fingerprint density at radius 1 is 0.970 bits per heavy atom. The molecule has 0 saturated heterocycles. The molecule has 0 radical (unpaired) electrons. The lowest BCUT2D eigenvalue weighted by Gasteiger charge is -2.31. The smallest absolute Gasteiger partial charge is 0.418 e. The molecule has 0 bridgehead atoms. The predicted octanol–water partition coefficient (Wildman–Crippen LogP) is 11.1. The highest BCUT2D eigenvalue weighted by Gasteiger charge is 2.41. The Morgan fingerprint density at radius 3 is 2.18 bits per heavy atom. The summed E-state index contributed by atoms with van der Waals surface area (Å²) < 4.78 is 105. The van der Waals surface area contributed by atoms with Crippen LogP contribution in [0.2, 0.25) is 5.02 Å². The molecule has 7 rings (SSSR count). The third kappa shape index (κ3) is 10.2. The first kappa shape index (κ1) is 47.3. The predicted molar refractivity (Wildman–Crippen MR) is 240 cm³/mol. The normalized spacial score (nSPS) is 13.1. The average Bonchev–Trinajstić information content (AvgIpc) is 3.46. The molecule has 6 aromatic rings. The summed E-state index contributed by atoms with van der Waals surface area (Å²) in [6.07, 6.45) is -4.33. The zero-order valence-corrected chi connectivity index (χ0v) is 37.9. The van der Waals surface area contributed by atoms with Crippen molar-refractivity contribution in [1.29, 1.82) is 0 Å². The molecule has 1 amide bonds. The van der Waals surface area contributed by atoms with Gasteiger partial charge in [-0.3, -0.25) is 5.32 Å². The minimum absolute atomic E-state index is 0.00683. The first-order chi connectivity index (χ1) is 31.4. The van der Waals surface area contributed by atoms with E-state index in [-0.39, 0.29) is 60.4 Å². The van der Waals surface area contributed by atoms with Gasteiger partial charge < -0.3 is 33.5 Å². The van der Waals surface area contributed by atoms with Crippen LogP contribution in [0.5, 0.6) is 23.3 Å². The summed E-state index contributed by atoms with van der Waals surface area (Å²) >= 11 is 7.10. The number of carbonyl (C=O) groups is 1. The number of carbonyl (C=O) groups excluding carboxylic acids is 1. The molecule has 0 spiro atoms. The number of hydrogen-bond acceptors (Lipinski definition) is 12. The number of pyridine rings is 2. The Kier molecular flexibility index (Phi) is 13.9. The fourth-order valence-electron chi connectivity index (χ4n) is 7.61. The molecule has 4 heterocycles. The van der Waals surface area contributed by atoms with Crippen molar-refractivity contribution in [3.05, 3.63) is 112 Å². The molecule has 3 aromatic heterocycles. The SMILES string of the molecule is COc1ccc(CN(Cc2ccc(OC)cc2)c2cc(C)c(C(F)(F)F)c(-c3c(Cl)c4c5c(nc(OCCF)nc5c3F)N([C@H](C)c3cccnc3NC(=O)OC(C)(C)C)CCO4)n2)cc1. The summed E-state index contributed by atoms with van der Waals surface area (Å²) in [4.78, 5) is 34.1. The molecule has 1 aliphatic rings. The summed E-state index contributed by atoms with van der Waals surface area (Å²) in [7, 11) is 3.07. The maximum Gasteiger partial charge on any atom is 0.418 e. The highest BCUT2D eigenvalue weighted by atomic mass is 35.5. The summed E-state index contributed by atoms with van der Waals surface area (Å²) in [5.74, 6) is -0.0547. The zero-order chi connectivity index (χ0) is 47.5. The Bertz CT molecular complexity index is 2670. The first-order valence-corrected chi connectivity index (χ1v) is 21.1. The first-order valence-electron chi connectivity index (χ1n) is 20.8. The number of hydrogen-bond donors (Lipinski definition) is 1. The third-order valence-electron chi connectivity index (χ3n) is 10.6. The monoisotopic (exact) mass is 935 g/mol. The van der Waals surface area contributed by atoms with Crippen LogP contribution in [-0.2, 0) is 24.0 Å². The topological polar surface area (TPSA) is 133 Å². The van der Waals surface area contributed by atoms with Crippen LogP contribution in [0.1, 0.15) is 61.6 Å². The van der Waals surface area contributed by atoms with Gasteiger partial charge in [0, 0.05) is 24.8 Å². The van der Waals surface area contributed by atoms with Crippen molar-refractivity contribution in [3.63, 3.8) is 0 Å². The molecule has 19 heteroatoms. The number of nitrogens with zero attached hydrogens (tertiary/aromatic N) is 6. The van der Waals surface area contributed by atoms with Crippen molar-refractivity contribution >= 4 is 46.1 Å². The molecule has 1 N–H and O–H groups in total. The number of benzene rings is 3. The molecule has 0 unspecified atom stereocenters. The van der Waals surface area contributed by atoms with Gasteiger partial charge in [-0.15, -0.1) is 0 Å². The maximum absolute atomic E-state index is 17.7. The number of ether oxygens (including phenoxy) is 5. The molecule has 0 fully saturated rings. The lowest BCUT2D eigenvalue weighted by atomic mass is 9.98. The van der Waals surface area contributed by atoms with E-state index in [1.807, 2.05) is 24.3 Å². The second kappa shape index (κ2) is 19.4. The molecule has 1 atom stereocenters. The van der Waals surface area contributed by atoms with Crippen LogP contribution in [0.25, 0.3) is 22.2 Å². The number of aromatic nitrogens is 4. The van der Waals surface area contributed by atoms with E-state index in [9.17, 15) is 9.18 Å². The van der Waals surface area contributed by atoms with Crippen LogP contribution in [0.3, 0.4) is 0 Å².